The van der Waals surface area contributed by atoms with E-state index in [0.717, 1.165) is 0 Å². The third kappa shape index (κ3) is 4.25. The Labute approximate surface area is 144 Å². The molecule has 1 unspecified atom stereocenters. The Morgan fingerprint density at radius 1 is 1.08 bits per heavy atom. The van der Waals surface area contributed by atoms with Crippen LogP contribution in [0.5, 0.6) is 0 Å². The molecule has 0 aliphatic carbocycles. The van der Waals surface area contributed by atoms with Gasteiger partial charge in [-0.2, -0.15) is 4.31 Å². The van der Waals surface area contributed by atoms with Crippen LogP contribution in [-0.4, -0.2) is 85.4 Å². The number of piperazine rings is 1. The minimum absolute atomic E-state index is 0.0460. The molecule has 0 bridgehead atoms. The molecule has 2 heterocycles. The lowest BCUT2D eigenvalue weighted by Crippen LogP contribution is -2.56. The summed E-state index contributed by atoms with van der Waals surface area (Å²) in [6.45, 7) is 6.60. The normalized spacial score (nSPS) is 23.2. The zero-order valence-corrected chi connectivity index (χ0v) is 15.3. The molecule has 1 atom stereocenters. The van der Waals surface area contributed by atoms with Gasteiger partial charge in [-0.1, -0.05) is 0 Å². The van der Waals surface area contributed by atoms with Crippen molar-refractivity contribution >= 4 is 21.8 Å². The Bertz CT molecular complexity index is 564. The molecule has 24 heavy (non-hydrogen) atoms. The van der Waals surface area contributed by atoms with Crippen molar-refractivity contribution in [3.8, 4) is 0 Å². The summed E-state index contributed by atoms with van der Waals surface area (Å²) in [4.78, 5) is 27.7. The number of rotatable bonds is 5. The number of carbonyl (C=O) groups is 2. The number of piperidine rings is 1. The molecule has 0 aromatic carbocycles. The summed E-state index contributed by atoms with van der Waals surface area (Å²) in [6.07, 6.45) is 1.24. The highest BCUT2D eigenvalue weighted by molar-refractivity contribution is 7.89. The van der Waals surface area contributed by atoms with Gasteiger partial charge in [0.25, 0.3) is 0 Å². The van der Waals surface area contributed by atoms with Crippen LogP contribution in [0.25, 0.3) is 0 Å². The molecule has 2 aliphatic rings. The van der Waals surface area contributed by atoms with Crippen LogP contribution in [0, 0.1) is 5.92 Å². The van der Waals surface area contributed by atoms with Crippen molar-refractivity contribution in [3.05, 3.63) is 0 Å². The lowest BCUT2D eigenvalue weighted by atomic mass is 9.96. The van der Waals surface area contributed by atoms with Crippen molar-refractivity contribution < 1.29 is 18.0 Å². The second-order valence-corrected chi connectivity index (χ2v) is 8.77. The quantitative estimate of drug-likeness (QED) is 0.682. The molecule has 0 aromatic heterocycles. The van der Waals surface area contributed by atoms with E-state index in [1.165, 1.54) is 4.31 Å². The van der Waals surface area contributed by atoms with E-state index in [1.54, 1.807) is 11.8 Å². The average Bonchev–Trinajstić information content (AvgIpc) is 2.60. The van der Waals surface area contributed by atoms with Gasteiger partial charge in [0.05, 0.1) is 11.8 Å². The van der Waals surface area contributed by atoms with Gasteiger partial charge in [0.1, 0.15) is 0 Å². The van der Waals surface area contributed by atoms with Crippen molar-refractivity contribution in [1.82, 2.24) is 14.1 Å². The molecule has 2 amide bonds. The molecule has 0 saturated carbocycles. The van der Waals surface area contributed by atoms with Gasteiger partial charge in [0.2, 0.25) is 21.8 Å². The van der Waals surface area contributed by atoms with Gasteiger partial charge in [0.15, 0.2) is 0 Å². The number of primary amides is 1. The Balaban J connectivity index is 1.86. The van der Waals surface area contributed by atoms with Crippen LogP contribution < -0.4 is 5.73 Å². The molecular weight excluding hydrogens is 332 g/mol. The van der Waals surface area contributed by atoms with E-state index < -0.39 is 10.0 Å². The van der Waals surface area contributed by atoms with Crippen molar-refractivity contribution in [2.75, 3.05) is 45.0 Å². The van der Waals surface area contributed by atoms with Crippen LogP contribution in [0.3, 0.4) is 0 Å². The maximum absolute atomic E-state index is 12.6. The second-order valence-electron chi connectivity index (χ2n) is 6.51. The first-order chi connectivity index (χ1) is 11.3. The van der Waals surface area contributed by atoms with Crippen molar-refractivity contribution in [2.24, 2.45) is 11.7 Å². The summed E-state index contributed by atoms with van der Waals surface area (Å²) >= 11 is 0. The fourth-order valence-corrected chi connectivity index (χ4v) is 4.44. The molecule has 0 radical (unpaired) electrons. The number of carbonyl (C=O) groups excluding carboxylic acids is 2. The molecule has 2 aliphatic heterocycles. The van der Waals surface area contributed by atoms with Gasteiger partial charge in [-0.3, -0.25) is 14.5 Å². The van der Waals surface area contributed by atoms with Gasteiger partial charge in [-0.25, -0.2) is 8.42 Å². The first-order valence-corrected chi connectivity index (χ1v) is 10.2. The Kier molecular flexibility index (Phi) is 6.22. The SMILES string of the molecule is CCS(=O)(=O)N1CCN(C(C)C(=O)N2CCC(C(N)=O)CC2)CC1. The predicted molar refractivity (Wildman–Crippen MR) is 90.6 cm³/mol. The minimum Gasteiger partial charge on any atom is -0.369 e. The number of amides is 2. The third-order valence-corrected chi connectivity index (χ3v) is 7.03. The fraction of sp³-hybridized carbons (Fsp3) is 0.867. The lowest BCUT2D eigenvalue weighted by Gasteiger charge is -2.39. The maximum atomic E-state index is 12.6. The van der Waals surface area contributed by atoms with Gasteiger partial charge in [0, 0.05) is 45.2 Å². The van der Waals surface area contributed by atoms with Crippen molar-refractivity contribution in [2.45, 2.75) is 32.7 Å². The summed E-state index contributed by atoms with van der Waals surface area (Å²) in [5, 5.41) is 0. The van der Waals surface area contributed by atoms with E-state index in [2.05, 4.69) is 0 Å². The molecule has 2 saturated heterocycles. The predicted octanol–water partition coefficient (Wildman–Crippen LogP) is -0.934. The number of hydrogen-bond donors (Lipinski definition) is 1. The van der Waals surface area contributed by atoms with Crippen molar-refractivity contribution in [3.63, 3.8) is 0 Å². The molecule has 2 fully saturated rings. The fourth-order valence-electron chi connectivity index (χ4n) is 3.36. The summed E-state index contributed by atoms with van der Waals surface area (Å²) in [5.41, 5.74) is 5.32. The molecule has 2 N–H and O–H groups in total. The van der Waals surface area contributed by atoms with Crippen LogP contribution in [0.15, 0.2) is 0 Å². The number of nitrogens with zero attached hydrogens (tertiary/aromatic N) is 3. The van der Waals surface area contributed by atoms with Gasteiger partial charge < -0.3 is 10.6 Å². The largest absolute Gasteiger partial charge is 0.369 e. The Hall–Kier alpha value is -1.19. The minimum atomic E-state index is -3.16. The Morgan fingerprint density at radius 3 is 2.08 bits per heavy atom. The van der Waals surface area contributed by atoms with E-state index in [4.69, 9.17) is 5.73 Å². The molecule has 0 aromatic rings. The average molecular weight is 360 g/mol. The number of likely N-dealkylation sites (tertiary alicyclic amines) is 1. The number of hydrogen-bond acceptors (Lipinski definition) is 5. The number of nitrogens with two attached hydrogens (primary N) is 1. The number of sulfonamides is 1. The standard InChI is InChI=1S/C15H28N4O4S/c1-3-24(22,23)19-10-8-17(9-11-19)12(2)15(21)18-6-4-13(5-7-18)14(16)20/h12-13H,3-11H2,1-2H3,(H2,16,20). The van der Waals surface area contributed by atoms with E-state index >= 15 is 0 Å². The zero-order valence-electron chi connectivity index (χ0n) is 14.5. The zero-order chi connectivity index (χ0) is 17.9. The third-order valence-electron chi connectivity index (χ3n) is 5.15. The van der Waals surface area contributed by atoms with Crippen LogP contribution in [0.4, 0.5) is 0 Å². The van der Waals surface area contributed by atoms with Crippen LogP contribution >= 0.6 is 0 Å². The summed E-state index contributed by atoms with van der Waals surface area (Å²) in [5.74, 6) is -0.267. The van der Waals surface area contributed by atoms with Crippen molar-refractivity contribution in [1.29, 1.82) is 0 Å². The highest BCUT2D eigenvalue weighted by atomic mass is 32.2. The van der Waals surface area contributed by atoms with E-state index in [-0.39, 0.29) is 29.5 Å². The molecule has 9 heteroatoms. The van der Waals surface area contributed by atoms with E-state index in [0.29, 0.717) is 52.1 Å². The lowest BCUT2D eigenvalue weighted by molar-refractivity contribution is -0.139. The van der Waals surface area contributed by atoms with Crippen LogP contribution in [-0.2, 0) is 19.6 Å². The van der Waals surface area contributed by atoms with Gasteiger partial charge >= 0.3 is 0 Å². The highest BCUT2D eigenvalue weighted by Crippen LogP contribution is 2.19. The monoisotopic (exact) mass is 360 g/mol. The summed E-state index contributed by atoms with van der Waals surface area (Å²) in [7, 11) is -3.16. The molecule has 0 spiro atoms. The first-order valence-electron chi connectivity index (χ1n) is 8.56. The van der Waals surface area contributed by atoms with E-state index in [9.17, 15) is 18.0 Å². The van der Waals surface area contributed by atoms with Gasteiger partial charge in [-0.05, 0) is 26.7 Å². The smallest absolute Gasteiger partial charge is 0.239 e. The highest BCUT2D eigenvalue weighted by Gasteiger charge is 2.33. The maximum Gasteiger partial charge on any atom is 0.239 e. The molecule has 8 nitrogen and oxygen atoms in total. The van der Waals surface area contributed by atoms with Gasteiger partial charge in [-0.15, -0.1) is 0 Å². The molecular formula is C15H28N4O4S. The Morgan fingerprint density at radius 2 is 1.62 bits per heavy atom. The van der Waals surface area contributed by atoms with Crippen LogP contribution in [0.1, 0.15) is 26.7 Å². The second kappa shape index (κ2) is 7.79. The van der Waals surface area contributed by atoms with E-state index in [1.807, 2.05) is 11.8 Å². The summed E-state index contributed by atoms with van der Waals surface area (Å²) in [6, 6.07) is -0.276. The summed E-state index contributed by atoms with van der Waals surface area (Å²) < 4.78 is 25.3. The first kappa shape index (κ1) is 19.1. The molecule has 138 valence electrons. The topological polar surface area (TPSA) is 104 Å². The van der Waals surface area contributed by atoms with Crippen LogP contribution in [0.2, 0.25) is 0 Å². The molecule has 2 rings (SSSR count).